The van der Waals surface area contributed by atoms with Gasteiger partial charge in [0.1, 0.15) is 17.4 Å². The van der Waals surface area contributed by atoms with Crippen LogP contribution in [0.2, 0.25) is 0 Å². The van der Waals surface area contributed by atoms with Crippen LogP contribution in [0.25, 0.3) is 0 Å². The van der Waals surface area contributed by atoms with Crippen molar-refractivity contribution in [2.45, 2.75) is 19.1 Å². The third kappa shape index (κ3) is 3.43. The minimum absolute atomic E-state index is 0.0178. The van der Waals surface area contributed by atoms with Crippen molar-refractivity contribution in [2.24, 2.45) is 0 Å². The van der Waals surface area contributed by atoms with E-state index < -0.39 is 35.5 Å². The molecule has 0 aliphatic rings. The molecule has 0 aliphatic heterocycles. The fraction of sp³-hybridized carbons (Fsp3) is 0.333. The zero-order valence-corrected chi connectivity index (χ0v) is 10.1. The molecule has 2 unspecified atom stereocenters. The molecule has 0 saturated carbocycles. The number of rotatable bonds is 5. The lowest BCUT2D eigenvalue weighted by molar-refractivity contribution is -0.159. The first-order valence-electron chi connectivity index (χ1n) is 5.47. The highest BCUT2D eigenvalue weighted by Crippen LogP contribution is 2.24. The molecule has 104 valence electrons. The molecule has 0 bridgehead atoms. The Balaban J connectivity index is 3.00. The fourth-order valence-corrected chi connectivity index (χ4v) is 1.45. The monoisotopic (exact) mass is 270 g/mol. The van der Waals surface area contributed by atoms with Gasteiger partial charge < -0.3 is 25.2 Å². The predicted octanol–water partition coefficient (Wildman–Crippen LogP) is 0.0478. The van der Waals surface area contributed by atoms with E-state index in [0.29, 0.717) is 0 Å². The first kappa shape index (κ1) is 14.9. The van der Waals surface area contributed by atoms with Gasteiger partial charge in [-0.25, -0.2) is 9.59 Å². The Morgan fingerprint density at radius 1 is 1.32 bits per heavy atom. The molecule has 7 heteroatoms. The molecule has 0 radical (unpaired) electrons. The summed E-state index contributed by atoms with van der Waals surface area (Å²) < 4.78 is 4.53. The number of benzene rings is 1. The summed E-state index contributed by atoms with van der Waals surface area (Å²) in [6, 6.07) is 3.24. The second kappa shape index (κ2) is 6.17. The van der Waals surface area contributed by atoms with Gasteiger partial charge in [-0.1, -0.05) is 6.07 Å². The van der Waals surface area contributed by atoms with Crippen LogP contribution in [-0.4, -0.2) is 45.1 Å². The van der Waals surface area contributed by atoms with Crippen LogP contribution >= 0.6 is 0 Å². The van der Waals surface area contributed by atoms with Crippen LogP contribution in [0.5, 0.6) is 5.75 Å². The smallest absolute Gasteiger partial charge is 0.339 e. The SMILES string of the molecule is CCOC(=O)C(O)C(O)c1ccc(O)c(C(=O)O)c1. The summed E-state index contributed by atoms with van der Waals surface area (Å²) in [6.07, 6.45) is -3.47. The Hall–Kier alpha value is -2.12. The molecule has 0 heterocycles. The molecule has 0 saturated heterocycles. The average Bonchev–Trinajstić information content (AvgIpc) is 2.37. The van der Waals surface area contributed by atoms with E-state index in [0.717, 1.165) is 12.1 Å². The van der Waals surface area contributed by atoms with Crippen LogP contribution in [0.4, 0.5) is 0 Å². The molecule has 0 amide bonds. The zero-order valence-electron chi connectivity index (χ0n) is 10.1. The summed E-state index contributed by atoms with van der Waals surface area (Å²) in [7, 11) is 0. The third-order valence-electron chi connectivity index (χ3n) is 2.42. The Morgan fingerprint density at radius 2 is 1.95 bits per heavy atom. The lowest BCUT2D eigenvalue weighted by Gasteiger charge is -2.17. The summed E-state index contributed by atoms with van der Waals surface area (Å²) in [5.41, 5.74) is -0.455. The highest BCUT2D eigenvalue weighted by molar-refractivity contribution is 5.91. The quantitative estimate of drug-likeness (QED) is 0.557. The number of carbonyl (C=O) groups is 2. The summed E-state index contributed by atoms with van der Waals surface area (Å²) in [4.78, 5) is 22.1. The van der Waals surface area contributed by atoms with Crippen molar-refractivity contribution < 1.29 is 34.8 Å². The van der Waals surface area contributed by atoms with Crippen molar-refractivity contribution >= 4 is 11.9 Å². The van der Waals surface area contributed by atoms with Crippen LogP contribution in [0.3, 0.4) is 0 Å². The van der Waals surface area contributed by atoms with Gasteiger partial charge in [-0.05, 0) is 24.6 Å². The second-order valence-electron chi connectivity index (χ2n) is 3.72. The molecule has 0 spiro atoms. The number of hydrogen-bond acceptors (Lipinski definition) is 6. The third-order valence-corrected chi connectivity index (χ3v) is 2.42. The molecule has 7 nitrogen and oxygen atoms in total. The Kier molecular flexibility index (Phi) is 4.85. The maximum atomic E-state index is 11.2. The number of carboxylic acids is 1. The van der Waals surface area contributed by atoms with E-state index in [-0.39, 0.29) is 12.2 Å². The lowest BCUT2D eigenvalue weighted by atomic mass is 10.0. The van der Waals surface area contributed by atoms with E-state index in [2.05, 4.69) is 4.74 Å². The zero-order chi connectivity index (χ0) is 14.6. The van der Waals surface area contributed by atoms with Gasteiger partial charge in [0.25, 0.3) is 0 Å². The maximum absolute atomic E-state index is 11.2. The van der Waals surface area contributed by atoms with Gasteiger partial charge in [-0.2, -0.15) is 0 Å². The van der Waals surface area contributed by atoms with E-state index in [4.69, 9.17) is 5.11 Å². The van der Waals surface area contributed by atoms with Crippen molar-refractivity contribution in [1.29, 1.82) is 0 Å². The van der Waals surface area contributed by atoms with Crippen molar-refractivity contribution in [3.8, 4) is 5.75 Å². The normalized spacial score (nSPS) is 13.6. The number of aromatic hydroxyl groups is 1. The van der Waals surface area contributed by atoms with Gasteiger partial charge in [0.05, 0.1) is 6.61 Å². The lowest BCUT2D eigenvalue weighted by Crippen LogP contribution is -2.30. The molecular formula is C12H14O7. The predicted molar refractivity (Wildman–Crippen MR) is 62.7 cm³/mol. The molecule has 1 rings (SSSR count). The summed E-state index contributed by atoms with van der Waals surface area (Å²) >= 11 is 0. The van der Waals surface area contributed by atoms with E-state index in [1.807, 2.05) is 0 Å². The van der Waals surface area contributed by atoms with E-state index in [1.165, 1.54) is 6.07 Å². The van der Waals surface area contributed by atoms with Crippen LogP contribution in [0.15, 0.2) is 18.2 Å². The molecule has 4 N–H and O–H groups in total. The number of ether oxygens (including phenoxy) is 1. The van der Waals surface area contributed by atoms with Gasteiger partial charge in [0.2, 0.25) is 0 Å². The second-order valence-corrected chi connectivity index (χ2v) is 3.72. The van der Waals surface area contributed by atoms with E-state index >= 15 is 0 Å². The van der Waals surface area contributed by atoms with E-state index in [9.17, 15) is 24.9 Å². The molecule has 0 aromatic heterocycles. The topological polar surface area (TPSA) is 124 Å². The Bertz CT molecular complexity index is 483. The number of aliphatic hydroxyl groups excluding tert-OH is 2. The van der Waals surface area contributed by atoms with Gasteiger partial charge in [-0.3, -0.25) is 0 Å². The van der Waals surface area contributed by atoms with Crippen LogP contribution in [0.1, 0.15) is 28.9 Å². The minimum Gasteiger partial charge on any atom is -0.507 e. The molecular weight excluding hydrogens is 256 g/mol. The van der Waals surface area contributed by atoms with Gasteiger partial charge in [0, 0.05) is 0 Å². The van der Waals surface area contributed by atoms with Crippen LogP contribution in [-0.2, 0) is 9.53 Å². The largest absolute Gasteiger partial charge is 0.507 e. The summed E-state index contributed by atoms with van der Waals surface area (Å²) in [5, 5.41) is 37.4. The summed E-state index contributed by atoms with van der Waals surface area (Å²) in [5.74, 6) is -2.88. The van der Waals surface area contributed by atoms with Crippen molar-refractivity contribution in [3.05, 3.63) is 29.3 Å². The van der Waals surface area contributed by atoms with Gasteiger partial charge >= 0.3 is 11.9 Å². The number of phenols is 1. The Labute approximate surface area is 108 Å². The average molecular weight is 270 g/mol. The first-order chi connectivity index (χ1) is 8.88. The molecule has 2 atom stereocenters. The first-order valence-corrected chi connectivity index (χ1v) is 5.47. The summed E-state index contributed by atoms with van der Waals surface area (Å²) in [6.45, 7) is 1.58. The van der Waals surface area contributed by atoms with Gasteiger partial charge in [0.15, 0.2) is 6.10 Å². The molecule has 1 aromatic carbocycles. The molecule has 0 aliphatic carbocycles. The molecule has 0 fully saturated rings. The highest BCUT2D eigenvalue weighted by atomic mass is 16.5. The van der Waals surface area contributed by atoms with E-state index in [1.54, 1.807) is 6.92 Å². The van der Waals surface area contributed by atoms with Gasteiger partial charge in [-0.15, -0.1) is 0 Å². The molecule has 19 heavy (non-hydrogen) atoms. The standard InChI is InChI=1S/C12H14O7/c1-2-19-12(18)10(15)9(14)6-3-4-8(13)7(5-6)11(16)17/h3-5,9-10,13-15H,2H2,1H3,(H,16,17). The number of aliphatic hydroxyl groups is 2. The number of carboxylic acid groups (broad SMARTS) is 1. The Morgan fingerprint density at radius 3 is 2.47 bits per heavy atom. The minimum atomic E-state index is -1.83. The number of hydrogen-bond donors (Lipinski definition) is 4. The van der Waals surface area contributed by atoms with Crippen molar-refractivity contribution in [3.63, 3.8) is 0 Å². The molecule has 1 aromatic rings. The number of esters is 1. The van der Waals surface area contributed by atoms with Crippen molar-refractivity contribution in [1.82, 2.24) is 0 Å². The number of aromatic carboxylic acids is 1. The highest BCUT2D eigenvalue weighted by Gasteiger charge is 2.27. The fourth-order valence-electron chi connectivity index (χ4n) is 1.45. The van der Waals surface area contributed by atoms with Crippen molar-refractivity contribution in [2.75, 3.05) is 6.61 Å². The number of carbonyl (C=O) groups excluding carboxylic acids is 1. The van der Waals surface area contributed by atoms with Crippen LogP contribution < -0.4 is 0 Å². The maximum Gasteiger partial charge on any atom is 0.339 e. The van der Waals surface area contributed by atoms with Crippen LogP contribution in [0, 0.1) is 0 Å².